The number of likely N-dealkylation sites (tertiary alicyclic amines) is 2. The van der Waals surface area contributed by atoms with Crippen LogP contribution in [0.5, 0.6) is 0 Å². The molecule has 0 unspecified atom stereocenters. The largest absolute Gasteiger partial charge is 0.358 e. The fourth-order valence-corrected chi connectivity index (χ4v) is 4.29. The zero-order chi connectivity index (χ0) is 19.8. The average Bonchev–Trinajstić information content (AvgIpc) is 3.14. The molecule has 2 aliphatic rings. The number of nitrogens with zero attached hydrogens (tertiary/aromatic N) is 2. The van der Waals surface area contributed by atoms with Gasteiger partial charge in [0.15, 0.2) is 0 Å². The number of nitrogens with one attached hydrogen (secondary N) is 2. The van der Waals surface area contributed by atoms with Crippen molar-refractivity contribution in [3.8, 4) is 0 Å². The molecule has 154 valence electrons. The minimum Gasteiger partial charge on any atom is -0.358 e. The Kier molecular flexibility index (Phi) is 7.86. The number of piperidine rings is 1. The van der Waals surface area contributed by atoms with Crippen LogP contribution in [0, 0.1) is 5.92 Å². The number of carbonyl (C=O) groups is 2. The van der Waals surface area contributed by atoms with E-state index in [1.54, 1.807) is 7.05 Å². The molecule has 6 heteroatoms. The van der Waals surface area contributed by atoms with Gasteiger partial charge in [-0.05, 0) is 50.3 Å². The lowest BCUT2D eigenvalue weighted by Gasteiger charge is -2.31. The molecule has 1 aromatic carbocycles. The smallest absolute Gasteiger partial charge is 0.233 e. The third kappa shape index (κ3) is 6.60. The molecule has 3 rings (SSSR count). The number of benzene rings is 1. The van der Waals surface area contributed by atoms with E-state index in [1.807, 2.05) is 6.07 Å². The lowest BCUT2D eigenvalue weighted by molar-refractivity contribution is -0.122. The summed E-state index contributed by atoms with van der Waals surface area (Å²) in [5, 5.41) is 5.91. The van der Waals surface area contributed by atoms with E-state index in [9.17, 15) is 9.59 Å². The summed E-state index contributed by atoms with van der Waals surface area (Å²) in [6.45, 7) is 5.35. The van der Waals surface area contributed by atoms with Gasteiger partial charge >= 0.3 is 0 Å². The van der Waals surface area contributed by atoms with Crippen LogP contribution < -0.4 is 10.6 Å². The van der Waals surface area contributed by atoms with Crippen LogP contribution in [0.1, 0.15) is 37.7 Å². The van der Waals surface area contributed by atoms with Crippen LogP contribution in [0.15, 0.2) is 30.3 Å². The summed E-state index contributed by atoms with van der Waals surface area (Å²) in [7, 11) is 1.68. The standard InChI is InChI=1S/C22H34N4O2/c1-23-22(28)17-25-12-9-18(10-13-25)7-8-21(27)24-20-11-14-26(16-20)15-19-5-3-2-4-6-19/h2-6,18,20H,7-17H2,1H3,(H,23,28)(H,24,27)/t20-/m1/s1. The molecule has 2 fully saturated rings. The molecule has 2 aliphatic heterocycles. The van der Waals surface area contributed by atoms with Gasteiger partial charge in [-0.1, -0.05) is 30.3 Å². The second kappa shape index (κ2) is 10.6. The van der Waals surface area contributed by atoms with Gasteiger partial charge in [0.1, 0.15) is 0 Å². The van der Waals surface area contributed by atoms with Gasteiger partial charge in [-0.25, -0.2) is 0 Å². The van der Waals surface area contributed by atoms with Gasteiger partial charge in [0.2, 0.25) is 11.8 Å². The molecule has 0 radical (unpaired) electrons. The normalized spacial score (nSPS) is 21.5. The fourth-order valence-electron chi connectivity index (χ4n) is 4.29. The Balaban J connectivity index is 1.29. The highest BCUT2D eigenvalue weighted by Gasteiger charge is 2.25. The van der Waals surface area contributed by atoms with Gasteiger partial charge in [-0.2, -0.15) is 0 Å². The van der Waals surface area contributed by atoms with E-state index in [0.29, 0.717) is 18.9 Å². The van der Waals surface area contributed by atoms with Gasteiger partial charge in [-0.15, -0.1) is 0 Å². The van der Waals surface area contributed by atoms with Gasteiger partial charge in [0, 0.05) is 39.1 Å². The highest BCUT2D eigenvalue weighted by atomic mass is 16.2. The predicted octanol–water partition coefficient (Wildman–Crippen LogP) is 1.62. The third-order valence-corrected chi connectivity index (χ3v) is 6.02. The second-order valence-corrected chi connectivity index (χ2v) is 8.21. The van der Waals surface area contributed by atoms with Crippen molar-refractivity contribution in [2.75, 3.05) is 39.8 Å². The van der Waals surface area contributed by atoms with Crippen molar-refractivity contribution in [2.45, 2.75) is 44.7 Å². The summed E-state index contributed by atoms with van der Waals surface area (Å²) in [4.78, 5) is 28.4. The van der Waals surface area contributed by atoms with Gasteiger partial charge in [0.25, 0.3) is 0 Å². The molecule has 2 amide bonds. The Morgan fingerprint density at radius 1 is 1.00 bits per heavy atom. The van der Waals surface area contributed by atoms with Crippen LogP contribution in [0.3, 0.4) is 0 Å². The number of rotatable bonds is 8. The molecule has 0 aromatic heterocycles. The Morgan fingerprint density at radius 2 is 1.71 bits per heavy atom. The molecule has 0 aliphatic carbocycles. The zero-order valence-corrected chi connectivity index (χ0v) is 17.0. The predicted molar refractivity (Wildman–Crippen MR) is 111 cm³/mol. The molecular formula is C22H34N4O2. The van der Waals surface area contributed by atoms with E-state index >= 15 is 0 Å². The lowest BCUT2D eigenvalue weighted by Crippen LogP contribution is -2.41. The van der Waals surface area contributed by atoms with Crippen LogP contribution in [0.25, 0.3) is 0 Å². The molecular weight excluding hydrogens is 352 g/mol. The van der Waals surface area contributed by atoms with Crippen LogP contribution in [-0.4, -0.2) is 67.4 Å². The molecule has 1 atom stereocenters. The van der Waals surface area contributed by atoms with E-state index in [1.165, 1.54) is 5.56 Å². The zero-order valence-electron chi connectivity index (χ0n) is 17.0. The third-order valence-electron chi connectivity index (χ3n) is 6.02. The Labute approximate surface area is 168 Å². The van der Waals surface area contributed by atoms with Crippen molar-refractivity contribution >= 4 is 11.8 Å². The van der Waals surface area contributed by atoms with Crippen LogP contribution in [-0.2, 0) is 16.1 Å². The number of amides is 2. The van der Waals surface area contributed by atoms with E-state index in [0.717, 1.165) is 58.4 Å². The first kappa shape index (κ1) is 20.8. The van der Waals surface area contributed by atoms with Gasteiger partial charge in [0.05, 0.1) is 6.54 Å². The van der Waals surface area contributed by atoms with Crippen molar-refractivity contribution in [3.05, 3.63) is 35.9 Å². The van der Waals surface area contributed by atoms with Crippen molar-refractivity contribution in [1.29, 1.82) is 0 Å². The molecule has 0 bridgehead atoms. The summed E-state index contributed by atoms with van der Waals surface area (Å²) < 4.78 is 0. The molecule has 28 heavy (non-hydrogen) atoms. The maximum absolute atomic E-state index is 12.4. The second-order valence-electron chi connectivity index (χ2n) is 8.21. The Hall–Kier alpha value is -1.92. The van der Waals surface area contributed by atoms with E-state index in [2.05, 4.69) is 44.7 Å². The SMILES string of the molecule is CNC(=O)CN1CCC(CCC(=O)N[C@@H]2CCN(Cc3ccccc3)C2)CC1. The van der Waals surface area contributed by atoms with Crippen LogP contribution in [0.2, 0.25) is 0 Å². The molecule has 0 spiro atoms. The maximum Gasteiger partial charge on any atom is 0.233 e. The first-order valence-corrected chi connectivity index (χ1v) is 10.6. The van der Waals surface area contributed by atoms with Gasteiger partial charge in [-0.3, -0.25) is 19.4 Å². The first-order valence-electron chi connectivity index (χ1n) is 10.6. The lowest BCUT2D eigenvalue weighted by atomic mass is 9.92. The molecule has 0 saturated carbocycles. The highest BCUT2D eigenvalue weighted by molar-refractivity contribution is 5.77. The van der Waals surface area contributed by atoms with Crippen molar-refractivity contribution in [1.82, 2.24) is 20.4 Å². The van der Waals surface area contributed by atoms with Crippen LogP contribution in [0.4, 0.5) is 0 Å². The highest BCUT2D eigenvalue weighted by Crippen LogP contribution is 2.22. The molecule has 1 aromatic rings. The summed E-state index contributed by atoms with van der Waals surface area (Å²) in [5.74, 6) is 0.875. The minimum absolute atomic E-state index is 0.0794. The average molecular weight is 387 g/mol. The van der Waals surface area contributed by atoms with Crippen molar-refractivity contribution in [3.63, 3.8) is 0 Å². The summed E-state index contributed by atoms with van der Waals surface area (Å²) in [6.07, 6.45) is 4.78. The number of carbonyl (C=O) groups excluding carboxylic acids is 2. The number of hydrogen-bond acceptors (Lipinski definition) is 4. The van der Waals surface area contributed by atoms with Crippen LogP contribution >= 0.6 is 0 Å². The van der Waals surface area contributed by atoms with Gasteiger partial charge < -0.3 is 10.6 Å². The Bertz CT molecular complexity index is 629. The Morgan fingerprint density at radius 3 is 2.43 bits per heavy atom. The minimum atomic E-state index is 0.0794. The van der Waals surface area contributed by atoms with Crippen molar-refractivity contribution < 1.29 is 9.59 Å². The fraction of sp³-hybridized carbons (Fsp3) is 0.636. The summed E-state index contributed by atoms with van der Waals surface area (Å²) in [6, 6.07) is 10.8. The topological polar surface area (TPSA) is 64.7 Å². The molecule has 6 nitrogen and oxygen atoms in total. The number of likely N-dealkylation sites (N-methyl/N-ethyl adjacent to an activating group) is 1. The molecule has 2 N–H and O–H groups in total. The quantitative estimate of drug-likeness (QED) is 0.713. The monoisotopic (exact) mass is 386 g/mol. The van der Waals surface area contributed by atoms with E-state index < -0.39 is 0 Å². The van der Waals surface area contributed by atoms with Crippen molar-refractivity contribution in [2.24, 2.45) is 5.92 Å². The van der Waals surface area contributed by atoms with E-state index in [4.69, 9.17) is 0 Å². The van der Waals surface area contributed by atoms with E-state index in [-0.39, 0.29) is 17.9 Å². The maximum atomic E-state index is 12.4. The first-order chi connectivity index (χ1) is 13.6. The summed E-state index contributed by atoms with van der Waals surface area (Å²) in [5.41, 5.74) is 1.33. The summed E-state index contributed by atoms with van der Waals surface area (Å²) >= 11 is 0. The molecule has 2 saturated heterocycles. The number of hydrogen-bond donors (Lipinski definition) is 2. The molecule has 2 heterocycles.